The van der Waals surface area contributed by atoms with Crippen LogP contribution in [0.2, 0.25) is 0 Å². The number of hydrogen-bond donors (Lipinski definition) is 4. The molecule has 2 rings (SSSR count). The van der Waals surface area contributed by atoms with Gasteiger partial charge in [0, 0.05) is 6.20 Å². The lowest BCUT2D eigenvalue weighted by Gasteiger charge is -1.72. The molecule has 0 bridgehead atoms. The van der Waals surface area contributed by atoms with E-state index in [1.807, 2.05) is 6.07 Å². The summed E-state index contributed by atoms with van der Waals surface area (Å²) in [6.07, 6.45) is 3.39. The molecular weight excluding hydrogens is 154 g/mol. The number of aromatic amines is 2. The molecule has 0 fully saturated rings. The van der Waals surface area contributed by atoms with E-state index in [4.69, 9.17) is 11.5 Å². The van der Waals surface area contributed by atoms with Crippen molar-refractivity contribution in [3.8, 4) is 0 Å². The van der Waals surface area contributed by atoms with Crippen molar-refractivity contribution in [1.29, 1.82) is 0 Å². The number of anilines is 2. The number of hydrogen-bond acceptors (Lipinski definition) is 3. The number of H-pyrrole nitrogens is 2. The van der Waals surface area contributed by atoms with Crippen molar-refractivity contribution in [1.82, 2.24) is 15.2 Å². The van der Waals surface area contributed by atoms with Crippen molar-refractivity contribution in [2.24, 2.45) is 0 Å². The smallest absolute Gasteiger partial charge is 0.118 e. The normalized spacial score (nSPS) is 8.67. The highest BCUT2D eigenvalue weighted by atomic mass is 15.1. The topological polar surface area (TPSA) is 96.5 Å². The number of nitrogens with zero attached hydrogens (tertiary/aromatic N) is 1. The fraction of sp³-hybridized carbons (Fsp3) is 0. The van der Waals surface area contributed by atoms with Crippen LogP contribution < -0.4 is 11.5 Å². The van der Waals surface area contributed by atoms with E-state index in [2.05, 4.69) is 15.2 Å². The van der Waals surface area contributed by atoms with Crippen molar-refractivity contribution in [2.45, 2.75) is 0 Å². The molecule has 64 valence electrons. The van der Waals surface area contributed by atoms with Gasteiger partial charge in [-0.1, -0.05) is 0 Å². The number of nitrogens with two attached hydrogens (primary N) is 2. The minimum Gasteiger partial charge on any atom is -0.385 e. The molecule has 0 atom stereocenters. The van der Waals surface area contributed by atoms with Gasteiger partial charge in [-0.3, -0.25) is 5.10 Å². The zero-order valence-corrected chi connectivity index (χ0v) is 6.49. The summed E-state index contributed by atoms with van der Waals surface area (Å²) < 4.78 is 0. The van der Waals surface area contributed by atoms with Crippen molar-refractivity contribution in [3.63, 3.8) is 0 Å². The molecular formula is C7H11N5. The largest absolute Gasteiger partial charge is 0.385 e. The van der Waals surface area contributed by atoms with Gasteiger partial charge in [0.05, 0.1) is 6.20 Å². The second-order valence-corrected chi connectivity index (χ2v) is 2.14. The van der Waals surface area contributed by atoms with E-state index < -0.39 is 0 Å². The van der Waals surface area contributed by atoms with Crippen LogP contribution in [-0.2, 0) is 0 Å². The van der Waals surface area contributed by atoms with E-state index >= 15 is 0 Å². The third-order valence-corrected chi connectivity index (χ3v) is 1.14. The summed E-state index contributed by atoms with van der Waals surface area (Å²) in [5, 5.41) is 6.10. The molecule has 2 heterocycles. The van der Waals surface area contributed by atoms with Gasteiger partial charge in [0.25, 0.3) is 0 Å². The van der Waals surface area contributed by atoms with E-state index in [0.29, 0.717) is 5.82 Å². The summed E-state index contributed by atoms with van der Waals surface area (Å²) >= 11 is 0. The molecule has 12 heavy (non-hydrogen) atoms. The Bertz CT molecular complexity index is 251. The lowest BCUT2D eigenvalue weighted by atomic mass is 10.6. The van der Waals surface area contributed by atoms with Crippen molar-refractivity contribution < 1.29 is 0 Å². The first-order chi connectivity index (χ1) is 5.79. The SMILES string of the molecule is Nc1ccc[nH]1.Nc1ccn[nH]1. The molecule has 2 aromatic rings. The van der Waals surface area contributed by atoms with Crippen molar-refractivity contribution in [2.75, 3.05) is 11.5 Å². The molecule has 0 aliphatic carbocycles. The average molecular weight is 165 g/mol. The minimum atomic E-state index is 0.606. The molecule has 0 saturated heterocycles. The second-order valence-electron chi connectivity index (χ2n) is 2.14. The van der Waals surface area contributed by atoms with Gasteiger partial charge in [-0.2, -0.15) is 5.10 Å². The molecule has 0 spiro atoms. The fourth-order valence-electron chi connectivity index (χ4n) is 0.611. The van der Waals surface area contributed by atoms with Crippen LogP contribution in [0.25, 0.3) is 0 Å². The molecule has 5 nitrogen and oxygen atoms in total. The molecule has 0 amide bonds. The first-order valence-corrected chi connectivity index (χ1v) is 3.43. The Balaban J connectivity index is 0.000000120. The van der Waals surface area contributed by atoms with E-state index in [9.17, 15) is 0 Å². The molecule has 0 aromatic carbocycles. The lowest BCUT2D eigenvalue weighted by Crippen LogP contribution is -1.81. The van der Waals surface area contributed by atoms with Gasteiger partial charge in [0.2, 0.25) is 0 Å². The number of nitrogens with one attached hydrogen (secondary N) is 2. The number of nitrogen functional groups attached to an aromatic ring is 2. The fourth-order valence-corrected chi connectivity index (χ4v) is 0.611. The molecule has 5 heteroatoms. The van der Waals surface area contributed by atoms with Crippen LogP contribution in [0.15, 0.2) is 30.6 Å². The summed E-state index contributed by atoms with van der Waals surface area (Å²) in [7, 11) is 0. The molecule has 0 radical (unpaired) electrons. The third kappa shape index (κ3) is 2.78. The second kappa shape index (κ2) is 4.07. The average Bonchev–Trinajstić information content (AvgIpc) is 2.63. The standard InChI is InChI=1S/C4H6N2.C3H5N3/c5-4-2-1-3-6-4;4-3-1-2-5-6-3/h1-3,6H,5H2;1-2H,(H3,4,5,6). The van der Waals surface area contributed by atoms with Gasteiger partial charge in [-0.25, -0.2) is 0 Å². The Morgan fingerprint density at radius 1 is 1.17 bits per heavy atom. The highest BCUT2D eigenvalue weighted by Crippen LogP contribution is 1.90. The quantitative estimate of drug-likeness (QED) is 0.460. The molecule has 6 N–H and O–H groups in total. The van der Waals surface area contributed by atoms with E-state index in [1.165, 1.54) is 0 Å². The highest BCUT2D eigenvalue weighted by molar-refractivity contribution is 5.26. The monoisotopic (exact) mass is 165 g/mol. The zero-order chi connectivity index (χ0) is 8.81. The van der Waals surface area contributed by atoms with Crippen LogP contribution in [0.4, 0.5) is 11.6 Å². The Labute approximate surface area is 69.8 Å². The van der Waals surface area contributed by atoms with E-state index in [0.717, 1.165) is 5.82 Å². The number of aromatic nitrogens is 3. The van der Waals surface area contributed by atoms with E-state index in [1.54, 1.807) is 24.5 Å². The Morgan fingerprint density at radius 3 is 2.17 bits per heavy atom. The maximum Gasteiger partial charge on any atom is 0.118 e. The van der Waals surface area contributed by atoms with Crippen molar-refractivity contribution >= 4 is 11.6 Å². The van der Waals surface area contributed by atoms with Crippen LogP contribution >= 0.6 is 0 Å². The predicted octanol–water partition coefficient (Wildman–Crippen LogP) is 0.589. The van der Waals surface area contributed by atoms with Crippen LogP contribution in [0.5, 0.6) is 0 Å². The third-order valence-electron chi connectivity index (χ3n) is 1.14. The van der Waals surface area contributed by atoms with Gasteiger partial charge in [0.15, 0.2) is 0 Å². The van der Waals surface area contributed by atoms with Crippen LogP contribution in [0.3, 0.4) is 0 Å². The Hall–Kier alpha value is -1.91. The maximum atomic E-state index is 5.22. The van der Waals surface area contributed by atoms with Crippen LogP contribution in [0, 0.1) is 0 Å². The summed E-state index contributed by atoms with van der Waals surface area (Å²) in [5.41, 5.74) is 10.4. The van der Waals surface area contributed by atoms with Gasteiger partial charge in [-0.15, -0.1) is 0 Å². The molecule has 0 saturated carbocycles. The molecule has 0 aliphatic rings. The zero-order valence-electron chi connectivity index (χ0n) is 6.49. The summed E-state index contributed by atoms with van der Waals surface area (Å²) in [6, 6.07) is 5.36. The summed E-state index contributed by atoms with van der Waals surface area (Å²) in [4.78, 5) is 2.78. The molecule has 0 unspecified atom stereocenters. The molecule has 2 aromatic heterocycles. The first kappa shape index (κ1) is 8.19. The van der Waals surface area contributed by atoms with Crippen LogP contribution in [-0.4, -0.2) is 15.2 Å². The Kier molecular flexibility index (Phi) is 2.78. The van der Waals surface area contributed by atoms with Gasteiger partial charge in [0.1, 0.15) is 11.6 Å². The van der Waals surface area contributed by atoms with Gasteiger partial charge >= 0.3 is 0 Å². The predicted molar refractivity (Wildman–Crippen MR) is 48.2 cm³/mol. The maximum absolute atomic E-state index is 5.22. The van der Waals surface area contributed by atoms with Gasteiger partial charge < -0.3 is 16.5 Å². The lowest BCUT2D eigenvalue weighted by molar-refractivity contribution is 1.10. The minimum absolute atomic E-state index is 0.606. The summed E-state index contributed by atoms with van der Waals surface area (Å²) in [6.45, 7) is 0. The molecule has 0 aliphatic heterocycles. The van der Waals surface area contributed by atoms with Gasteiger partial charge in [-0.05, 0) is 18.2 Å². The number of rotatable bonds is 0. The highest BCUT2D eigenvalue weighted by Gasteiger charge is 1.74. The Morgan fingerprint density at radius 2 is 2.00 bits per heavy atom. The summed E-state index contributed by atoms with van der Waals surface area (Å²) in [5.74, 6) is 1.32. The van der Waals surface area contributed by atoms with Crippen LogP contribution in [0.1, 0.15) is 0 Å². The van der Waals surface area contributed by atoms with Crippen molar-refractivity contribution in [3.05, 3.63) is 30.6 Å². The van der Waals surface area contributed by atoms with E-state index in [-0.39, 0.29) is 0 Å². The first-order valence-electron chi connectivity index (χ1n) is 3.43.